The summed E-state index contributed by atoms with van der Waals surface area (Å²) in [6.45, 7) is 4.52. The fourth-order valence-corrected chi connectivity index (χ4v) is 5.84. The number of hydrogen-bond acceptors (Lipinski definition) is 4. The Hall–Kier alpha value is -2.54. The summed E-state index contributed by atoms with van der Waals surface area (Å²) >= 11 is 14.4. The zero-order chi connectivity index (χ0) is 25.1. The van der Waals surface area contributed by atoms with Gasteiger partial charge in [-0.1, -0.05) is 36.2 Å². The van der Waals surface area contributed by atoms with Crippen LogP contribution in [0, 0.1) is 0 Å². The van der Waals surface area contributed by atoms with Gasteiger partial charge in [0.1, 0.15) is 12.3 Å². The number of carbonyl (C=O) groups is 2. The molecule has 8 heteroatoms. The van der Waals surface area contributed by atoms with Crippen LogP contribution in [0.15, 0.2) is 53.9 Å². The Bertz CT molecular complexity index is 1210. The number of halogens is 2. The van der Waals surface area contributed by atoms with Gasteiger partial charge in [-0.3, -0.25) is 9.59 Å². The molecule has 0 aliphatic carbocycles. The third-order valence-electron chi connectivity index (χ3n) is 6.57. The largest absolute Gasteiger partial charge is 0.497 e. The van der Waals surface area contributed by atoms with Gasteiger partial charge in [0.2, 0.25) is 5.91 Å². The number of carbonyl (C=O) groups excluding carboxylic acids is 2. The minimum Gasteiger partial charge on any atom is -0.497 e. The lowest BCUT2D eigenvalue weighted by atomic mass is 9.93. The number of nitrogens with zero attached hydrogens (tertiary/aromatic N) is 2. The van der Waals surface area contributed by atoms with E-state index in [1.165, 1.54) is 4.88 Å². The van der Waals surface area contributed by atoms with E-state index in [4.69, 9.17) is 27.9 Å². The fraction of sp³-hybridized carbons (Fsp3) is 0.333. The Kier molecular flexibility index (Phi) is 8.05. The minimum atomic E-state index is -0.322. The van der Waals surface area contributed by atoms with Crippen molar-refractivity contribution in [3.8, 4) is 5.75 Å². The highest BCUT2D eigenvalue weighted by molar-refractivity contribution is 7.10. The van der Waals surface area contributed by atoms with Crippen molar-refractivity contribution >= 4 is 46.4 Å². The van der Waals surface area contributed by atoms with Crippen molar-refractivity contribution < 1.29 is 14.3 Å². The predicted octanol–water partition coefficient (Wildman–Crippen LogP) is 6.48. The summed E-state index contributed by atoms with van der Waals surface area (Å²) in [5.74, 6) is 0.389. The maximum absolute atomic E-state index is 13.8. The number of hydrogen-bond donors (Lipinski definition) is 0. The van der Waals surface area contributed by atoms with Gasteiger partial charge >= 0.3 is 0 Å². The third-order valence-corrected chi connectivity index (χ3v) is 8.13. The Morgan fingerprint density at radius 3 is 2.54 bits per heavy atom. The van der Waals surface area contributed by atoms with Gasteiger partial charge in [0.15, 0.2) is 0 Å². The molecule has 0 N–H and O–H groups in total. The molecule has 0 spiro atoms. The molecule has 1 aromatic heterocycles. The zero-order valence-corrected chi connectivity index (χ0v) is 22.3. The van der Waals surface area contributed by atoms with E-state index in [0.29, 0.717) is 27.9 Å². The van der Waals surface area contributed by atoms with Gasteiger partial charge in [-0.05, 0) is 78.7 Å². The number of methoxy groups -OCH3 is 1. The Balaban J connectivity index is 1.65. The Morgan fingerprint density at radius 2 is 1.89 bits per heavy atom. The van der Waals surface area contributed by atoms with Crippen LogP contribution < -0.4 is 4.74 Å². The first-order valence-electron chi connectivity index (χ1n) is 11.6. The molecule has 2 heterocycles. The van der Waals surface area contributed by atoms with Crippen LogP contribution in [0.4, 0.5) is 0 Å². The topological polar surface area (TPSA) is 49.9 Å². The molecule has 35 heavy (non-hydrogen) atoms. The molecule has 0 bridgehead atoms. The molecule has 1 aliphatic heterocycles. The number of benzene rings is 2. The number of ether oxygens (including phenoxy) is 1. The van der Waals surface area contributed by atoms with Crippen LogP contribution in [0.3, 0.4) is 0 Å². The van der Waals surface area contributed by atoms with Gasteiger partial charge in [0.05, 0.1) is 13.2 Å². The van der Waals surface area contributed by atoms with Crippen molar-refractivity contribution in [3.63, 3.8) is 0 Å². The Morgan fingerprint density at radius 1 is 1.14 bits per heavy atom. The van der Waals surface area contributed by atoms with Crippen molar-refractivity contribution in [2.24, 2.45) is 0 Å². The summed E-state index contributed by atoms with van der Waals surface area (Å²) in [5.41, 5.74) is 2.44. The third kappa shape index (κ3) is 5.35. The van der Waals surface area contributed by atoms with Crippen molar-refractivity contribution in [3.05, 3.63) is 85.5 Å². The molecule has 184 valence electrons. The highest BCUT2D eigenvalue weighted by Crippen LogP contribution is 2.41. The lowest BCUT2D eigenvalue weighted by Gasteiger charge is -2.38. The van der Waals surface area contributed by atoms with Gasteiger partial charge < -0.3 is 14.5 Å². The molecule has 2 amide bonds. The number of thiophene rings is 1. The minimum absolute atomic E-state index is 0.0128. The second-order valence-electron chi connectivity index (χ2n) is 8.62. The van der Waals surface area contributed by atoms with Gasteiger partial charge in [0.25, 0.3) is 5.91 Å². The molecular weight excluding hydrogens is 503 g/mol. The predicted molar refractivity (Wildman–Crippen MR) is 142 cm³/mol. The molecule has 2 aromatic carbocycles. The standard InChI is InChI=1S/C27H28Cl2N2O3S/c1-4-17(2)31(27(33)18-5-8-20(34-3)9-6-18)16-25(32)30-13-11-24-22(12-14-35-24)26(30)21-10-7-19(28)15-23(21)29/h5-10,12,14-15,17,26H,4,11,13,16H2,1-3H3. The normalized spacial score (nSPS) is 15.9. The van der Waals surface area contributed by atoms with Crippen LogP contribution in [0.25, 0.3) is 0 Å². The maximum atomic E-state index is 13.8. The summed E-state index contributed by atoms with van der Waals surface area (Å²) in [6.07, 6.45) is 1.51. The van der Waals surface area contributed by atoms with Crippen LogP contribution in [0.5, 0.6) is 5.75 Å². The second-order valence-corrected chi connectivity index (χ2v) is 10.5. The molecule has 0 saturated carbocycles. The average Bonchev–Trinajstić information content (AvgIpc) is 3.35. The number of fused-ring (bicyclic) bond motifs is 1. The van der Waals surface area contributed by atoms with Crippen molar-refractivity contribution in [2.45, 2.75) is 38.8 Å². The highest BCUT2D eigenvalue weighted by Gasteiger charge is 2.35. The lowest BCUT2D eigenvalue weighted by molar-refractivity contribution is -0.134. The van der Waals surface area contributed by atoms with Crippen LogP contribution >= 0.6 is 34.5 Å². The molecular formula is C27H28Cl2N2O3S. The van der Waals surface area contributed by atoms with Gasteiger partial charge in [-0.2, -0.15) is 0 Å². The number of rotatable bonds is 7. The van der Waals surface area contributed by atoms with Crippen LogP contribution in [0.2, 0.25) is 10.0 Å². The first-order chi connectivity index (χ1) is 16.8. The second kappa shape index (κ2) is 11.0. The molecule has 0 fully saturated rings. The first kappa shape index (κ1) is 25.5. The van der Waals surface area contributed by atoms with E-state index in [-0.39, 0.29) is 30.4 Å². The van der Waals surface area contributed by atoms with Crippen LogP contribution in [-0.4, -0.2) is 47.9 Å². The van der Waals surface area contributed by atoms with Gasteiger partial charge in [-0.15, -0.1) is 11.3 Å². The summed E-state index contributed by atoms with van der Waals surface area (Å²) in [5, 5.41) is 3.12. The molecule has 4 rings (SSSR count). The average molecular weight is 532 g/mol. The van der Waals surface area contributed by atoms with E-state index in [1.54, 1.807) is 59.7 Å². The van der Waals surface area contributed by atoms with Gasteiger partial charge in [-0.25, -0.2) is 0 Å². The zero-order valence-electron chi connectivity index (χ0n) is 20.0. The van der Waals surface area contributed by atoms with Gasteiger partial charge in [0, 0.05) is 33.1 Å². The summed E-state index contributed by atoms with van der Waals surface area (Å²) < 4.78 is 5.21. The first-order valence-corrected chi connectivity index (χ1v) is 13.2. The van der Waals surface area contributed by atoms with E-state index in [9.17, 15) is 9.59 Å². The van der Waals surface area contributed by atoms with Crippen molar-refractivity contribution in [1.82, 2.24) is 9.80 Å². The molecule has 0 radical (unpaired) electrons. The van der Waals surface area contributed by atoms with Crippen LogP contribution in [0.1, 0.15) is 52.7 Å². The number of amides is 2. The Labute approximate surface area is 220 Å². The van der Waals surface area contributed by atoms with Crippen LogP contribution in [-0.2, 0) is 11.2 Å². The van der Waals surface area contributed by atoms with E-state index in [2.05, 4.69) is 6.07 Å². The molecule has 0 saturated heterocycles. The summed E-state index contributed by atoms with van der Waals surface area (Å²) in [7, 11) is 1.59. The molecule has 3 aromatic rings. The monoisotopic (exact) mass is 530 g/mol. The quantitative estimate of drug-likeness (QED) is 0.351. The molecule has 5 nitrogen and oxygen atoms in total. The molecule has 2 unspecified atom stereocenters. The summed E-state index contributed by atoms with van der Waals surface area (Å²) in [6, 6.07) is 14.0. The lowest BCUT2D eigenvalue weighted by Crippen LogP contribution is -2.49. The van der Waals surface area contributed by atoms with E-state index in [0.717, 1.165) is 24.0 Å². The van der Waals surface area contributed by atoms with E-state index >= 15 is 0 Å². The highest BCUT2D eigenvalue weighted by atomic mass is 35.5. The van der Waals surface area contributed by atoms with Crippen molar-refractivity contribution in [1.29, 1.82) is 0 Å². The fourth-order valence-electron chi connectivity index (χ4n) is 4.43. The molecule has 2 atom stereocenters. The summed E-state index contributed by atoms with van der Waals surface area (Å²) in [4.78, 5) is 32.0. The SMILES string of the molecule is CCC(C)N(CC(=O)N1CCc2sccc2C1c1ccc(Cl)cc1Cl)C(=O)c1ccc(OC)cc1. The molecule has 1 aliphatic rings. The van der Waals surface area contributed by atoms with E-state index < -0.39 is 0 Å². The smallest absolute Gasteiger partial charge is 0.254 e. The maximum Gasteiger partial charge on any atom is 0.254 e. The van der Waals surface area contributed by atoms with E-state index in [1.807, 2.05) is 30.2 Å². The van der Waals surface area contributed by atoms with Crippen molar-refractivity contribution in [2.75, 3.05) is 20.2 Å².